The molecule has 1 amide bonds. The number of benzene rings is 3. The molecule has 1 aromatic heterocycles. The van der Waals surface area contributed by atoms with Crippen molar-refractivity contribution in [1.29, 1.82) is 0 Å². The van der Waals surface area contributed by atoms with Crippen LogP contribution in [-0.4, -0.2) is 30.4 Å². The molecule has 0 fully saturated rings. The lowest BCUT2D eigenvalue weighted by molar-refractivity contribution is -0.119. The molecule has 0 aliphatic carbocycles. The van der Waals surface area contributed by atoms with Crippen LogP contribution in [0.5, 0.6) is 0 Å². The summed E-state index contributed by atoms with van der Waals surface area (Å²) >= 11 is 0. The number of nitrogens with zero attached hydrogens (tertiary/aromatic N) is 3. The highest BCUT2D eigenvalue weighted by atomic mass is 32.2. The van der Waals surface area contributed by atoms with Gasteiger partial charge >= 0.3 is 0 Å². The standard InChI is InChI=1S/C28H30N4O3S/c1-20-5-11-27(12-6-20)36(34,35)32(26-16-21(2)15-22(3)17-26)19-28(33)30-18-24-7-9-25(10-8-24)31-14-13-29-23(31)4/h5-17H,18-19H2,1-4H3,(H,30,33). The van der Waals surface area contributed by atoms with Gasteiger partial charge in [0.1, 0.15) is 12.4 Å². The smallest absolute Gasteiger partial charge is 0.264 e. The summed E-state index contributed by atoms with van der Waals surface area (Å²) in [6, 6.07) is 20.0. The number of sulfonamides is 1. The van der Waals surface area contributed by atoms with Crippen LogP contribution in [0.15, 0.2) is 84.0 Å². The Bertz CT molecular complexity index is 1450. The Morgan fingerprint density at radius 1 is 0.889 bits per heavy atom. The van der Waals surface area contributed by atoms with Crippen LogP contribution in [0.4, 0.5) is 5.69 Å². The molecule has 0 unspecified atom stereocenters. The van der Waals surface area contributed by atoms with Crippen molar-refractivity contribution in [3.05, 3.63) is 107 Å². The van der Waals surface area contributed by atoms with Crippen LogP contribution < -0.4 is 9.62 Å². The fourth-order valence-corrected chi connectivity index (χ4v) is 5.46. The molecule has 0 atom stereocenters. The molecule has 186 valence electrons. The fourth-order valence-electron chi connectivity index (χ4n) is 4.06. The molecule has 1 N–H and O–H groups in total. The second-order valence-corrected chi connectivity index (χ2v) is 10.8. The van der Waals surface area contributed by atoms with E-state index in [0.29, 0.717) is 5.69 Å². The van der Waals surface area contributed by atoms with Gasteiger partial charge in [-0.3, -0.25) is 9.10 Å². The van der Waals surface area contributed by atoms with Crippen molar-refractivity contribution in [3.8, 4) is 5.69 Å². The van der Waals surface area contributed by atoms with Gasteiger partial charge in [0.2, 0.25) is 5.91 Å². The van der Waals surface area contributed by atoms with Crippen molar-refractivity contribution < 1.29 is 13.2 Å². The summed E-state index contributed by atoms with van der Waals surface area (Å²) in [5, 5.41) is 2.86. The second kappa shape index (κ2) is 10.4. The molecule has 0 radical (unpaired) electrons. The van der Waals surface area contributed by atoms with E-state index < -0.39 is 10.0 Å². The Hall–Kier alpha value is -3.91. The normalized spacial score (nSPS) is 11.3. The van der Waals surface area contributed by atoms with Crippen LogP contribution in [0.25, 0.3) is 5.69 Å². The highest BCUT2D eigenvalue weighted by molar-refractivity contribution is 7.92. The van der Waals surface area contributed by atoms with Crippen molar-refractivity contribution in [2.75, 3.05) is 10.8 Å². The first-order valence-electron chi connectivity index (χ1n) is 11.7. The lowest BCUT2D eigenvalue weighted by Gasteiger charge is -2.25. The first-order valence-corrected chi connectivity index (χ1v) is 13.1. The van der Waals surface area contributed by atoms with E-state index in [0.717, 1.165) is 33.8 Å². The van der Waals surface area contributed by atoms with Crippen molar-refractivity contribution in [2.24, 2.45) is 0 Å². The second-order valence-electron chi connectivity index (χ2n) is 8.96. The average Bonchev–Trinajstić information content (AvgIpc) is 3.27. The van der Waals surface area contributed by atoms with E-state index in [1.165, 1.54) is 4.31 Å². The van der Waals surface area contributed by atoms with Crippen LogP contribution in [0.3, 0.4) is 0 Å². The molecule has 4 rings (SSSR count). The minimum absolute atomic E-state index is 0.144. The maximum absolute atomic E-state index is 13.6. The van der Waals surface area contributed by atoms with Crippen molar-refractivity contribution in [2.45, 2.75) is 39.1 Å². The zero-order valence-corrected chi connectivity index (χ0v) is 21.7. The van der Waals surface area contributed by atoms with Gasteiger partial charge in [-0.05, 0) is 80.8 Å². The zero-order valence-electron chi connectivity index (χ0n) is 20.9. The summed E-state index contributed by atoms with van der Waals surface area (Å²) in [6.07, 6.45) is 3.64. The molecule has 0 aliphatic rings. The Morgan fingerprint density at radius 3 is 2.11 bits per heavy atom. The molecule has 0 saturated carbocycles. The van der Waals surface area contributed by atoms with Crippen molar-refractivity contribution in [3.63, 3.8) is 0 Å². The number of rotatable bonds is 8. The van der Waals surface area contributed by atoms with Gasteiger partial charge in [0.05, 0.1) is 10.6 Å². The molecule has 8 heteroatoms. The number of hydrogen-bond acceptors (Lipinski definition) is 4. The number of anilines is 1. The van der Waals surface area contributed by atoms with Gasteiger partial charge < -0.3 is 9.88 Å². The third-order valence-corrected chi connectivity index (χ3v) is 7.71. The van der Waals surface area contributed by atoms with E-state index in [9.17, 15) is 13.2 Å². The van der Waals surface area contributed by atoms with Gasteiger partial charge in [-0.15, -0.1) is 0 Å². The fraction of sp³-hybridized carbons (Fsp3) is 0.214. The van der Waals surface area contributed by atoms with E-state index in [2.05, 4.69) is 10.3 Å². The third kappa shape index (κ3) is 5.66. The van der Waals surface area contributed by atoms with Crippen LogP contribution in [0.2, 0.25) is 0 Å². The van der Waals surface area contributed by atoms with Gasteiger partial charge in [0.25, 0.3) is 10.0 Å². The quantitative estimate of drug-likeness (QED) is 0.381. The minimum Gasteiger partial charge on any atom is -0.350 e. The van der Waals surface area contributed by atoms with Gasteiger partial charge in [-0.1, -0.05) is 35.9 Å². The van der Waals surface area contributed by atoms with Gasteiger partial charge in [-0.2, -0.15) is 0 Å². The maximum Gasteiger partial charge on any atom is 0.264 e. The molecule has 0 spiro atoms. The molecule has 7 nitrogen and oxygen atoms in total. The van der Waals surface area contributed by atoms with E-state index in [4.69, 9.17) is 0 Å². The summed E-state index contributed by atoms with van der Waals surface area (Å²) in [5.41, 5.74) is 5.14. The van der Waals surface area contributed by atoms with Gasteiger partial charge in [-0.25, -0.2) is 13.4 Å². The van der Waals surface area contributed by atoms with Crippen LogP contribution >= 0.6 is 0 Å². The molecule has 4 aromatic rings. The number of hydrogen-bond donors (Lipinski definition) is 1. The lowest BCUT2D eigenvalue weighted by Crippen LogP contribution is -2.40. The number of amides is 1. The largest absolute Gasteiger partial charge is 0.350 e. The van der Waals surface area contributed by atoms with Crippen LogP contribution in [0, 0.1) is 27.7 Å². The molecule has 36 heavy (non-hydrogen) atoms. The van der Waals surface area contributed by atoms with Crippen molar-refractivity contribution >= 4 is 21.6 Å². The molecule has 0 aliphatic heterocycles. The molecule has 0 saturated heterocycles. The first kappa shape index (κ1) is 25.2. The molecule has 0 bridgehead atoms. The number of aryl methyl sites for hydroxylation is 4. The Kier molecular flexibility index (Phi) is 7.26. The summed E-state index contributed by atoms with van der Waals surface area (Å²) in [5.74, 6) is 0.497. The van der Waals surface area contributed by atoms with Crippen LogP contribution in [0.1, 0.15) is 28.1 Å². The zero-order chi connectivity index (χ0) is 25.9. The topological polar surface area (TPSA) is 84.3 Å². The summed E-state index contributed by atoms with van der Waals surface area (Å²) in [4.78, 5) is 17.4. The lowest BCUT2D eigenvalue weighted by atomic mass is 10.1. The highest BCUT2D eigenvalue weighted by Crippen LogP contribution is 2.26. The minimum atomic E-state index is -3.95. The van der Waals surface area contributed by atoms with Gasteiger partial charge in [0.15, 0.2) is 0 Å². The Morgan fingerprint density at radius 2 is 1.53 bits per heavy atom. The number of carbonyl (C=O) groups excluding carboxylic acids is 1. The van der Waals surface area contributed by atoms with Gasteiger partial charge in [0, 0.05) is 24.6 Å². The van der Waals surface area contributed by atoms with E-state index in [-0.39, 0.29) is 23.9 Å². The Labute approximate surface area is 212 Å². The molecule has 3 aromatic carbocycles. The van der Waals surface area contributed by atoms with E-state index in [1.807, 2.05) is 68.8 Å². The molecular formula is C28H30N4O3S. The average molecular weight is 503 g/mol. The number of imidazole rings is 1. The maximum atomic E-state index is 13.6. The predicted octanol–water partition coefficient (Wildman–Crippen LogP) is 4.62. The summed E-state index contributed by atoms with van der Waals surface area (Å²) in [6.45, 7) is 7.60. The van der Waals surface area contributed by atoms with Crippen LogP contribution in [-0.2, 0) is 21.4 Å². The highest BCUT2D eigenvalue weighted by Gasteiger charge is 2.27. The van der Waals surface area contributed by atoms with E-state index >= 15 is 0 Å². The Balaban J connectivity index is 1.53. The molecule has 1 heterocycles. The summed E-state index contributed by atoms with van der Waals surface area (Å²) < 4.78 is 30.3. The first-order chi connectivity index (χ1) is 17.1. The molecular weight excluding hydrogens is 472 g/mol. The van der Waals surface area contributed by atoms with E-state index in [1.54, 1.807) is 42.6 Å². The third-order valence-electron chi connectivity index (χ3n) is 5.92. The predicted molar refractivity (Wildman–Crippen MR) is 142 cm³/mol. The van der Waals surface area contributed by atoms with Crippen molar-refractivity contribution in [1.82, 2.24) is 14.9 Å². The monoisotopic (exact) mass is 502 g/mol. The number of carbonyl (C=O) groups is 1. The number of nitrogens with one attached hydrogen (secondary N) is 1. The summed E-state index contributed by atoms with van der Waals surface area (Å²) in [7, 11) is -3.95. The number of aromatic nitrogens is 2. The SMILES string of the molecule is Cc1ccc(S(=O)(=O)N(CC(=O)NCc2ccc(-n3ccnc3C)cc2)c2cc(C)cc(C)c2)cc1.